The molecule has 1 N–H and O–H groups in total. The molecule has 3 rings (SSSR count). The van der Waals surface area contributed by atoms with Crippen LogP contribution in [0.15, 0.2) is 34.9 Å². The van der Waals surface area contributed by atoms with Gasteiger partial charge in [0.1, 0.15) is 10.7 Å². The quantitative estimate of drug-likeness (QED) is 0.687. The fourth-order valence-electron chi connectivity index (χ4n) is 2.33. The van der Waals surface area contributed by atoms with Crippen molar-refractivity contribution >= 4 is 23.3 Å². The summed E-state index contributed by atoms with van der Waals surface area (Å²) >= 11 is 0. The summed E-state index contributed by atoms with van der Waals surface area (Å²) in [7, 11) is 0. The summed E-state index contributed by atoms with van der Waals surface area (Å²) in [6.45, 7) is 1.99. The van der Waals surface area contributed by atoms with E-state index in [0.29, 0.717) is 5.69 Å². The van der Waals surface area contributed by atoms with Gasteiger partial charge in [-0.05, 0) is 31.0 Å². The lowest BCUT2D eigenvalue weighted by atomic mass is 10.3. The van der Waals surface area contributed by atoms with Crippen molar-refractivity contribution in [3.63, 3.8) is 0 Å². The van der Waals surface area contributed by atoms with Crippen molar-refractivity contribution < 1.29 is 14.1 Å². The Labute approximate surface area is 125 Å². The van der Waals surface area contributed by atoms with Crippen LogP contribution in [0.3, 0.4) is 0 Å². The molecule has 0 aliphatic carbocycles. The molecule has 0 spiro atoms. The number of hydrogen-bond donors (Lipinski definition) is 1. The summed E-state index contributed by atoms with van der Waals surface area (Å²) in [6, 6.07) is 5.99. The van der Waals surface area contributed by atoms with Crippen LogP contribution >= 0.6 is 0 Å². The average molecular weight is 302 g/mol. The molecule has 0 saturated carbocycles. The maximum Gasteiger partial charge on any atom is 0.433 e. The zero-order valence-corrected chi connectivity index (χ0v) is 11.7. The van der Waals surface area contributed by atoms with E-state index in [9.17, 15) is 14.9 Å². The number of amides is 1. The Morgan fingerprint density at radius 2 is 2.05 bits per heavy atom. The first-order valence-electron chi connectivity index (χ1n) is 6.90. The van der Waals surface area contributed by atoms with Gasteiger partial charge in [-0.25, -0.2) is 4.98 Å². The van der Waals surface area contributed by atoms with Crippen molar-refractivity contribution in [1.29, 1.82) is 0 Å². The predicted molar refractivity (Wildman–Crippen MR) is 79.0 cm³/mol. The first kappa shape index (κ1) is 14.1. The van der Waals surface area contributed by atoms with Crippen LogP contribution in [0.5, 0.6) is 0 Å². The molecular formula is C14H14N4O4. The van der Waals surface area contributed by atoms with Gasteiger partial charge in [-0.2, -0.15) is 0 Å². The number of anilines is 2. The lowest BCUT2D eigenvalue weighted by Crippen LogP contribution is -2.19. The van der Waals surface area contributed by atoms with Crippen molar-refractivity contribution in [3.05, 3.63) is 46.3 Å². The van der Waals surface area contributed by atoms with Gasteiger partial charge in [-0.15, -0.1) is 0 Å². The highest BCUT2D eigenvalue weighted by molar-refractivity contribution is 6.02. The molecule has 1 aliphatic heterocycles. The van der Waals surface area contributed by atoms with Gasteiger partial charge in [0.15, 0.2) is 5.76 Å². The number of aromatic nitrogens is 1. The first-order chi connectivity index (χ1) is 10.6. The normalized spacial score (nSPS) is 14.1. The van der Waals surface area contributed by atoms with Crippen LogP contribution in [0.1, 0.15) is 23.4 Å². The van der Waals surface area contributed by atoms with E-state index < -0.39 is 16.7 Å². The molecule has 1 aliphatic rings. The molecule has 1 amide bonds. The van der Waals surface area contributed by atoms with Crippen LogP contribution in [0, 0.1) is 10.1 Å². The van der Waals surface area contributed by atoms with Gasteiger partial charge < -0.3 is 14.6 Å². The van der Waals surface area contributed by atoms with Crippen molar-refractivity contribution in [2.45, 2.75) is 12.8 Å². The third-order valence-corrected chi connectivity index (χ3v) is 3.43. The van der Waals surface area contributed by atoms with E-state index in [2.05, 4.69) is 15.2 Å². The smallest absolute Gasteiger partial charge is 0.395 e. The van der Waals surface area contributed by atoms with E-state index in [4.69, 9.17) is 4.42 Å². The van der Waals surface area contributed by atoms with Crippen LogP contribution in [0.25, 0.3) is 0 Å². The highest BCUT2D eigenvalue weighted by atomic mass is 16.6. The molecule has 0 radical (unpaired) electrons. The molecule has 0 unspecified atom stereocenters. The SMILES string of the molecule is O=C(Nc1ccc(N2CCCC2)nc1)c1ccc([N+](=O)[O-])o1. The van der Waals surface area contributed by atoms with Gasteiger partial charge in [0, 0.05) is 13.1 Å². The number of nitro groups is 1. The molecule has 3 heterocycles. The van der Waals surface area contributed by atoms with Gasteiger partial charge in [0.05, 0.1) is 18.0 Å². The summed E-state index contributed by atoms with van der Waals surface area (Å²) in [4.78, 5) is 28.3. The number of nitrogens with one attached hydrogen (secondary N) is 1. The zero-order valence-electron chi connectivity index (χ0n) is 11.7. The number of hydrogen-bond acceptors (Lipinski definition) is 6. The van der Waals surface area contributed by atoms with Crippen molar-refractivity contribution in [2.75, 3.05) is 23.3 Å². The third-order valence-electron chi connectivity index (χ3n) is 3.43. The van der Waals surface area contributed by atoms with Crippen LogP contribution in [-0.2, 0) is 0 Å². The van der Waals surface area contributed by atoms with Gasteiger partial charge in [0.25, 0.3) is 5.91 Å². The number of carbonyl (C=O) groups excluding carboxylic acids is 1. The molecule has 2 aromatic heterocycles. The second kappa shape index (κ2) is 5.84. The molecule has 2 aromatic rings. The second-order valence-corrected chi connectivity index (χ2v) is 4.95. The highest BCUT2D eigenvalue weighted by Gasteiger charge is 2.18. The van der Waals surface area contributed by atoms with E-state index in [-0.39, 0.29) is 5.76 Å². The van der Waals surface area contributed by atoms with Gasteiger partial charge in [-0.1, -0.05) is 0 Å². The fourth-order valence-corrected chi connectivity index (χ4v) is 2.33. The Kier molecular flexibility index (Phi) is 3.73. The minimum Gasteiger partial charge on any atom is -0.395 e. The van der Waals surface area contributed by atoms with Crippen LogP contribution in [0.4, 0.5) is 17.4 Å². The van der Waals surface area contributed by atoms with Gasteiger partial charge >= 0.3 is 5.88 Å². The lowest BCUT2D eigenvalue weighted by molar-refractivity contribution is -0.402. The minimum atomic E-state index is -0.691. The topological polar surface area (TPSA) is 102 Å². The zero-order chi connectivity index (χ0) is 15.5. The van der Waals surface area contributed by atoms with Crippen molar-refractivity contribution in [2.24, 2.45) is 0 Å². The summed E-state index contributed by atoms with van der Waals surface area (Å²) in [5.74, 6) is -0.254. The number of furan rings is 1. The Balaban J connectivity index is 1.66. The summed E-state index contributed by atoms with van der Waals surface area (Å²) in [5.41, 5.74) is 0.506. The highest BCUT2D eigenvalue weighted by Crippen LogP contribution is 2.20. The largest absolute Gasteiger partial charge is 0.433 e. The standard InChI is InChI=1S/C14H14N4O4/c19-14(11-4-6-13(22-11)18(20)21)16-10-3-5-12(15-9-10)17-7-1-2-8-17/h3-6,9H,1-2,7-8H2,(H,16,19). The maximum absolute atomic E-state index is 11.9. The first-order valence-corrected chi connectivity index (χ1v) is 6.90. The van der Waals surface area contributed by atoms with Gasteiger partial charge in [-0.3, -0.25) is 14.9 Å². The average Bonchev–Trinajstić information content (AvgIpc) is 3.20. The number of carbonyl (C=O) groups is 1. The van der Waals surface area contributed by atoms with E-state index in [0.717, 1.165) is 37.8 Å². The number of rotatable bonds is 4. The van der Waals surface area contributed by atoms with Crippen LogP contribution < -0.4 is 10.2 Å². The third kappa shape index (κ3) is 2.90. The predicted octanol–water partition coefficient (Wildman–Crippen LogP) is 2.44. The van der Waals surface area contributed by atoms with E-state index in [1.807, 2.05) is 6.07 Å². The van der Waals surface area contributed by atoms with Crippen LogP contribution in [-0.4, -0.2) is 28.9 Å². The number of nitrogens with zero attached hydrogens (tertiary/aromatic N) is 3. The Bertz CT molecular complexity index is 689. The molecule has 0 aromatic carbocycles. The number of pyridine rings is 1. The van der Waals surface area contributed by atoms with Gasteiger partial charge in [0.2, 0.25) is 0 Å². The molecule has 8 heteroatoms. The fraction of sp³-hybridized carbons (Fsp3) is 0.286. The van der Waals surface area contributed by atoms with Crippen molar-refractivity contribution in [3.8, 4) is 0 Å². The minimum absolute atomic E-state index is 0.115. The molecule has 0 bridgehead atoms. The molecule has 0 atom stereocenters. The van der Waals surface area contributed by atoms with Crippen molar-refractivity contribution in [1.82, 2.24) is 4.98 Å². The second-order valence-electron chi connectivity index (χ2n) is 4.95. The molecular weight excluding hydrogens is 288 g/mol. The van der Waals surface area contributed by atoms with E-state index in [1.165, 1.54) is 6.07 Å². The van der Waals surface area contributed by atoms with E-state index in [1.54, 1.807) is 12.3 Å². The molecule has 114 valence electrons. The Hall–Kier alpha value is -2.90. The Morgan fingerprint density at radius 1 is 1.27 bits per heavy atom. The maximum atomic E-state index is 11.9. The monoisotopic (exact) mass is 302 g/mol. The molecule has 22 heavy (non-hydrogen) atoms. The van der Waals surface area contributed by atoms with Crippen LogP contribution in [0.2, 0.25) is 0 Å². The summed E-state index contributed by atoms with van der Waals surface area (Å²) < 4.78 is 4.84. The summed E-state index contributed by atoms with van der Waals surface area (Å²) in [5, 5.41) is 13.1. The van der Waals surface area contributed by atoms with E-state index >= 15 is 0 Å². The lowest BCUT2D eigenvalue weighted by Gasteiger charge is -2.16. The molecule has 1 fully saturated rings. The summed E-state index contributed by atoms with van der Waals surface area (Å²) in [6.07, 6.45) is 3.89. The Morgan fingerprint density at radius 3 is 2.64 bits per heavy atom. The molecule has 1 saturated heterocycles. The molecule has 8 nitrogen and oxygen atoms in total.